The second kappa shape index (κ2) is 18.0. The van der Waals surface area contributed by atoms with Crippen molar-refractivity contribution >= 4 is 41.4 Å². The number of rotatable bonds is 18. The van der Waals surface area contributed by atoms with Crippen LogP contribution in [-0.4, -0.2) is 77.4 Å². The molecule has 214 valence electrons. The number of thioether (sulfide) groups is 1. The van der Waals surface area contributed by atoms with E-state index in [1.54, 1.807) is 0 Å². The molecule has 0 spiro atoms. The van der Waals surface area contributed by atoms with Gasteiger partial charge in [-0.1, -0.05) is 41.5 Å². The summed E-state index contributed by atoms with van der Waals surface area (Å²) in [5.74, 6) is -2.37. The molecule has 0 rings (SSSR count). The highest BCUT2D eigenvalue weighted by Crippen LogP contribution is 2.09. The summed E-state index contributed by atoms with van der Waals surface area (Å²) in [4.78, 5) is 62.1. The van der Waals surface area contributed by atoms with Gasteiger partial charge in [-0.25, -0.2) is 4.79 Å². The monoisotopic (exact) mass is 545 g/mol. The first-order valence-electron chi connectivity index (χ1n) is 12.8. The lowest BCUT2D eigenvalue weighted by molar-refractivity contribution is -0.142. The number of carbonyl (C=O) groups is 5. The molecule has 12 heteroatoms. The number of amides is 4. The molecule has 0 radical (unpaired) electrons. The molecule has 11 nitrogen and oxygen atoms in total. The molecule has 0 fully saturated rings. The van der Waals surface area contributed by atoms with Gasteiger partial charge >= 0.3 is 5.97 Å². The lowest BCUT2D eigenvalue weighted by atomic mass is 10.0. The first-order chi connectivity index (χ1) is 17.2. The Morgan fingerprint density at radius 3 is 1.73 bits per heavy atom. The minimum absolute atomic E-state index is 0.0419. The Balaban J connectivity index is 5.18. The second-order valence-electron chi connectivity index (χ2n) is 10.6. The highest BCUT2D eigenvalue weighted by atomic mass is 32.2. The largest absolute Gasteiger partial charge is 0.480 e. The summed E-state index contributed by atoms with van der Waals surface area (Å²) in [6, 6.07) is -3.62. The number of hydrogen-bond acceptors (Lipinski definition) is 7. The molecule has 0 aromatic heterocycles. The molecule has 0 heterocycles. The average molecular weight is 546 g/mol. The molecule has 0 bridgehead atoms. The van der Waals surface area contributed by atoms with E-state index in [2.05, 4.69) is 21.3 Å². The fraction of sp³-hybridized carbons (Fsp3) is 0.800. The van der Waals surface area contributed by atoms with Crippen molar-refractivity contribution in [2.24, 2.45) is 23.5 Å². The molecule has 0 aromatic carbocycles. The highest BCUT2D eigenvalue weighted by molar-refractivity contribution is 7.98. The maximum absolute atomic E-state index is 12.8. The first kappa shape index (κ1) is 34.7. The van der Waals surface area contributed by atoms with Gasteiger partial charge in [0.1, 0.15) is 18.1 Å². The summed E-state index contributed by atoms with van der Waals surface area (Å²) in [5.41, 5.74) is 5.93. The normalized spacial score (nSPS) is 14.6. The van der Waals surface area contributed by atoms with Crippen LogP contribution >= 0.6 is 11.8 Å². The number of carboxylic acid groups (broad SMARTS) is 1. The molecule has 37 heavy (non-hydrogen) atoms. The standard InChI is InChI=1S/C25H47N5O6S/c1-14(2)10-17(26)22(32)29-18(8-9-37-7)23(33)27-13-21(31)28-19(11-15(3)4)24(34)30-20(25(35)36)12-16(5)6/h14-20H,8-13,26H2,1-7H3,(H,27,33)(H,28,31)(H,29,32)(H,30,34)(H,35,36)/t17-,18-,19-,20-/m0/s1. The van der Waals surface area contributed by atoms with Crippen LogP contribution in [0.15, 0.2) is 0 Å². The summed E-state index contributed by atoms with van der Waals surface area (Å²) in [6.45, 7) is 10.9. The third kappa shape index (κ3) is 15.5. The minimum atomic E-state index is -1.14. The number of nitrogens with two attached hydrogens (primary N) is 1. The SMILES string of the molecule is CSCC[C@H](NC(=O)[C@@H](N)CC(C)C)C(=O)NCC(=O)N[C@@H](CC(C)C)C(=O)N[C@@H](CC(C)C)C(=O)O. The number of hydrogen-bond donors (Lipinski definition) is 6. The Bertz CT molecular complexity index is 762. The van der Waals surface area contributed by atoms with Crippen LogP contribution in [0, 0.1) is 17.8 Å². The van der Waals surface area contributed by atoms with Crippen LogP contribution in [0.4, 0.5) is 0 Å². The topological polar surface area (TPSA) is 180 Å². The predicted molar refractivity (Wildman–Crippen MR) is 146 cm³/mol. The Morgan fingerprint density at radius 1 is 0.730 bits per heavy atom. The van der Waals surface area contributed by atoms with Gasteiger partial charge in [0.15, 0.2) is 0 Å². The Hall–Kier alpha value is -2.34. The van der Waals surface area contributed by atoms with Gasteiger partial charge in [0.25, 0.3) is 0 Å². The summed E-state index contributed by atoms with van der Waals surface area (Å²) in [5, 5.41) is 19.7. The lowest BCUT2D eigenvalue weighted by Gasteiger charge is -2.24. The molecule has 0 aromatic rings. The Labute approximate surface area is 225 Å². The van der Waals surface area contributed by atoms with Gasteiger partial charge in [-0.2, -0.15) is 11.8 Å². The van der Waals surface area contributed by atoms with E-state index in [0.29, 0.717) is 25.0 Å². The average Bonchev–Trinajstić information content (AvgIpc) is 2.77. The smallest absolute Gasteiger partial charge is 0.326 e. The third-order valence-electron chi connectivity index (χ3n) is 5.41. The van der Waals surface area contributed by atoms with Crippen LogP contribution in [0.2, 0.25) is 0 Å². The van der Waals surface area contributed by atoms with Crippen molar-refractivity contribution in [3.63, 3.8) is 0 Å². The zero-order valence-electron chi connectivity index (χ0n) is 23.3. The van der Waals surface area contributed by atoms with Crippen LogP contribution in [0.25, 0.3) is 0 Å². The minimum Gasteiger partial charge on any atom is -0.480 e. The van der Waals surface area contributed by atoms with Gasteiger partial charge in [-0.3, -0.25) is 19.2 Å². The molecular formula is C25H47N5O6S. The first-order valence-corrected chi connectivity index (χ1v) is 14.2. The van der Waals surface area contributed by atoms with E-state index >= 15 is 0 Å². The van der Waals surface area contributed by atoms with Crippen molar-refractivity contribution in [2.45, 2.75) is 91.4 Å². The summed E-state index contributed by atoms with van der Waals surface area (Å²) in [7, 11) is 0. The second-order valence-corrected chi connectivity index (χ2v) is 11.6. The van der Waals surface area contributed by atoms with Crippen LogP contribution in [0.5, 0.6) is 0 Å². The van der Waals surface area contributed by atoms with Crippen LogP contribution < -0.4 is 27.0 Å². The van der Waals surface area contributed by atoms with Gasteiger partial charge in [0.2, 0.25) is 23.6 Å². The van der Waals surface area contributed by atoms with E-state index in [-0.39, 0.29) is 24.2 Å². The summed E-state index contributed by atoms with van der Waals surface area (Å²) in [6.07, 6.45) is 3.26. The molecule has 0 aliphatic carbocycles. The van der Waals surface area contributed by atoms with E-state index in [1.165, 1.54) is 11.8 Å². The van der Waals surface area contributed by atoms with Crippen molar-refractivity contribution in [2.75, 3.05) is 18.6 Å². The Kier molecular flexibility index (Phi) is 16.9. The summed E-state index contributed by atoms with van der Waals surface area (Å²) >= 11 is 1.52. The van der Waals surface area contributed by atoms with E-state index in [4.69, 9.17) is 5.73 Å². The van der Waals surface area contributed by atoms with Crippen LogP contribution in [0.1, 0.15) is 67.2 Å². The van der Waals surface area contributed by atoms with Crippen molar-refractivity contribution in [1.29, 1.82) is 0 Å². The van der Waals surface area contributed by atoms with Gasteiger partial charge in [0, 0.05) is 0 Å². The van der Waals surface area contributed by atoms with Crippen LogP contribution in [-0.2, 0) is 24.0 Å². The third-order valence-corrected chi connectivity index (χ3v) is 6.05. The van der Waals surface area contributed by atoms with Gasteiger partial charge in [-0.05, 0) is 55.4 Å². The van der Waals surface area contributed by atoms with Crippen molar-refractivity contribution in [1.82, 2.24) is 21.3 Å². The van der Waals surface area contributed by atoms with Gasteiger partial charge < -0.3 is 32.1 Å². The molecule has 0 unspecified atom stereocenters. The van der Waals surface area contributed by atoms with Crippen molar-refractivity contribution in [3.8, 4) is 0 Å². The predicted octanol–water partition coefficient (Wildman–Crippen LogP) is 0.860. The molecule has 7 N–H and O–H groups in total. The van der Waals surface area contributed by atoms with Crippen molar-refractivity contribution < 1.29 is 29.1 Å². The highest BCUT2D eigenvalue weighted by Gasteiger charge is 2.28. The Morgan fingerprint density at radius 2 is 1.24 bits per heavy atom. The number of aliphatic carboxylic acids is 1. The maximum atomic E-state index is 12.8. The zero-order chi connectivity index (χ0) is 28.7. The van der Waals surface area contributed by atoms with E-state index in [9.17, 15) is 29.1 Å². The zero-order valence-corrected chi connectivity index (χ0v) is 24.1. The van der Waals surface area contributed by atoms with E-state index < -0.39 is 60.3 Å². The summed E-state index contributed by atoms with van der Waals surface area (Å²) < 4.78 is 0. The van der Waals surface area contributed by atoms with Crippen molar-refractivity contribution in [3.05, 3.63) is 0 Å². The van der Waals surface area contributed by atoms with Gasteiger partial charge in [-0.15, -0.1) is 0 Å². The molecule has 0 saturated carbocycles. The maximum Gasteiger partial charge on any atom is 0.326 e. The molecule has 0 aliphatic heterocycles. The van der Waals surface area contributed by atoms with Crippen LogP contribution in [0.3, 0.4) is 0 Å². The van der Waals surface area contributed by atoms with E-state index in [1.807, 2.05) is 47.8 Å². The fourth-order valence-corrected chi connectivity index (χ4v) is 4.07. The fourth-order valence-electron chi connectivity index (χ4n) is 3.60. The van der Waals surface area contributed by atoms with Gasteiger partial charge in [0.05, 0.1) is 12.6 Å². The number of carboxylic acids is 1. The molecule has 4 amide bonds. The molecule has 0 saturated heterocycles. The quantitative estimate of drug-likeness (QED) is 0.147. The number of nitrogens with one attached hydrogen (secondary N) is 4. The molecule has 0 aliphatic rings. The lowest BCUT2D eigenvalue weighted by Crippen LogP contribution is -2.55. The van der Waals surface area contributed by atoms with E-state index in [0.717, 1.165) is 0 Å². The molecule has 4 atom stereocenters. The molecular weight excluding hydrogens is 498 g/mol. The number of carbonyl (C=O) groups excluding carboxylic acids is 4.